The number of halogens is 2. The molecule has 0 amide bonds. The number of aromatic hydroxyl groups is 1. The van der Waals surface area contributed by atoms with E-state index in [1.807, 2.05) is 43.3 Å². The molecule has 4 heteroatoms. The Bertz CT molecular complexity index is 760. The number of phenols is 1. The fourth-order valence-corrected chi connectivity index (χ4v) is 3.14. The predicted molar refractivity (Wildman–Crippen MR) is 110 cm³/mol. The van der Waals surface area contributed by atoms with Crippen molar-refractivity contribution < 1.29 is 10.2 Å². The van der Waals surface area contributed by atoms with Crippen molar-refractivity contribution in [2.45, 2.75) is 37.7 Å². The minimum Gasteiger partial charge on any atom is -0.508 e. The third kappa shape index (κ3) is 5.63. The van der Waals surface area contributed by atoms with Crippen LogP contribution in [0.5, 0.6) is 5.75 Å². The number of allylic oxidation sites excluding steroid dienone is 2. The molecular weight excluding hydrogens is 367 g/mol. The van der Waals surface area contributed by atoms with Crippen molar-refractivity contribution in [1.29, 1.82) is 0 Å². The van der Waals surface area contributed by atoms with Gasteiger partial charge in [0, 0.05) is 10.6 Å². The Kier molecular flexibility index (Phi) is 7.33. The third-order valence-electron chi connectivity index (χ3n) is 4.31. The molecule has 1 aliphatic rings. The maximum absolute atomic E-state index is 9.68. The van der Waals surface area contributed by atoms with Gasteiger partial charge in [-0.2, -0.15) is 0 Å². The van der Waals surface area contributed by atoms with Crippen molar-refractivity contribution in [3.8, 4) is 5.75 Å². The zero-order valence-electron chi connectivity index (χ0n) is 15.0. The SMILES string of the molecule is CC1=CC=CC(C)(O)C1Cl.Oc1cccc(Cl)c1CCc1ccccc1. The first-order valence-corrected chi connectivity index (χ1v) is 9.35. The first kappa shape index (κ1) is 20.6. The van der Waals surface area contributed by atoms with E-state index in [4.69, 9.17) is 23.2 Å². The van der Waals surface area contributed by atoms with Crippen molar-refractivity contribution in [2.75, 3.05) is 0 Å². The van der Waals surface area contributed by atoms with Gasteiger partial charge in [-0.3, -0.25) is 0 Å². The Morgan fingerprint density at radius 2 is 1.73 bits per heavy atom. The van der Waals surface area contributed by atoms with Crippen LogP contribution in [-0.2, 0) is 12.8 Å². The van der Waals surface area contributed by atoms with Crippen LogP contribution in [0.2, 0.25) is 5.02 Å². The second kappa shape index (κ2) is 9.27. The lowest BCUT2D eigenvalue weighted by Crippen LogP contribution is -2.35. The number of phenolic OH excluding ortho intramolecular Hbond substituents is 1. The van der Waals surface area contributed by atoms with Crippen LogP contribution in [0.4, 0.5) is 0 Å². The van der Waals surface area contributed by atoms with Crippen molar-refractivity contribution >= 4 is 23.2 Å². The molecule has 0 aliphatic heterocycles. The summed E-state index contributed by atoms with van der Waals surface area (Å²) in [6, 6.07) is 15.4. The molecule has 2 nitrogen and oxygen atoms in total. The molecule has 2 unspecified atom stereocenters. The highest BCUT2D eigenvalue weighted by Gasteiger charge is 2.29. The van der Waals surface area contributed by atoms with Gasteiger partial charge in [-0.15, -0.1) is 11.6 Å². The lowest BCUT2D eigenvalue weighted by molar-refractivity contribution is 0.114. The highest BCUT2D eigenvalue weighted by molar-refractivity contribution is 6.31. The highest BCUT2D eigenvalue weighted by Crippen LogP contribution is 2.28. The molecule has 0 spiro atoms. The fourth-order valence-electron chi connectivity index (χ4n) is 2.73. The molecule has 3 rings (SSSR count). The summed E-state index contributed by atoms with van der Waals surface area (Å²) in [6.07, 6.45) is 7.09. The van der Waals surface area contributed by atoms with Crippen LogP contribution in [0, 0.1) is 0 Å². The normalized spacial score (nSPS) is 21.6. The number of rotatable bonds is 3. The van der Waals surface area contributed by atoms with E-state index in [-0.39, 0.29) is 11.1 Å². The fraction of sp³-hybridized carbons (Fsp3) is 0.273. The average molecular weight is 391 g/mol. The summed E-state index contributed by atoms with van der Waals surface area (Å²) in [5.41, 5.74) is 2.21. The van der Waals surface area contributed by atoms with Crippen LogP contribution in [0.15, 0.2) is 72.3 Å². The summed E-state index contributed by atoms with van der Waals surface area (Å²) in [5, 5.41) is 19.6. The summed E-state index contributed by atoms with van der Waals surface area (Å²) < 4.78 is 0. The number of hydrogen-bond donors (Lipinski definition) is 2. The molecule has 1 aliphatic carbocycles. The van der Waals surface area contributed by atoms with E-state index in [9.17, 15) is 10.2 Å². The van der Waals surface area contributed by atoms with Gasteiger partial charge in [-0.1, -0.05) is 71.8 Å². The van der Waals surface area contributed by atoms with Gasteiger partial charge >= 0.3 is 0 Å². The summed E-state index contributed by atoms with van der Waals surface area (Å²) in [5.74, 6) is 0.281. The van der Waals surface area contributed by atoms with Crippen molar-refractivity contribution in [2.24, 2.45) is 0 Å². The van der Waals surface area contributed by atoms with Gasteiger partial charge in [-0.25, -0.2) is 0 Å². The quantitative estimate of drug-likeness (QED) is 0.660. The van der Waals surface area contributed by atoms with E-state index in [1.54, 1.807) is 25.1 Å². The number of hydrogen-bond acceptors (Lipinski definition) is 2. The molecule has 2 N–H and O–H groups in total. The van der Waals surface area contributed by atoms with E-state index in [1.165, 1.54) is 5.56 Å². The van der Waals surface area contributed by atoms with Gasteiger partial charge in [0.25, 0.3) is 0 Å². The van der Waals surface area contributed by atoms with Gasteiger partial charge in [0.15, 0.2) is 0 Å². The molecule has 138 valence electrons. The Hall–Kier alpha value is -1.74. The molecule has 0 saturated heterocycles. The first-order valence-electron chi connectivity index (χ1n) is 8.54. The van der Waals surface area contributed by atoms with Gasteiger partial charge in [0.05, 0.1) is 5.38 Å². The van der Waals surface area contributed by atoms with E-state index >= 15 is 0 Å². The van der Waals surface area contributed by atoms with E-state index in [0.29, 0.717) is 5.02 Å². The molecule has 0 bridgehead atoms. The second-order valence-electron chi connectivity index (χ2n) is 6.58. The zero-order valence-corrected chi connectivity index (χ0v) is 16.5. The average Bonchev–Trinajstić information content (AvgIpc) is 2.61. The Balaban J connectivity index is 0.000000209. The summed E-state index contributed by atoms with van der Waals surface area (Å²) in [7, 11) is 0. The number of alkyl halides is 1. The van der Waals surface area contributed by atoms with Crippen LogP contribution in [0.3, 0.4) is 0 Å². The lowest BCUT2D eigenvalue weighted by Gasteiger charge is -2.28. The number of benzene rings is 2. The smallest absolute Gasteiger partial charge is 0.120 e. The zero-order chi connectivity index (χ0) is 19.2. The van der Waals surface area contributed by atoms with Crippen molar-refractivity contribution in [3.63, 3.8) is 0 Å². The van der Waals surface area contributed by atoms with Crippen LogP contribution < -0.4 is 0 Å². The van der Waals surface area contributed by atoms with Gasteiger partial charge in [0.1, 0.15) is 11.4 Å². The van der Waals surface area contributed by atoms with Crippen LogP contribution in [-0.4, -0.2) is 21.2 Å². The molecule has 2 aromatic carbocycles. The summed E-state index contributed by atoms with van der Waals surface area (Å²) >= 11 is 11.9. The molecule has 2 aromatic rings. The molecule has 0 aromatic heterocycles. The van der Waals surface area contributed by atoms with Gasteiger partial charge in [-0.05, 0) is 44.4 Å². The molecule has 26 heavy (non-hydrogen) atoms. The highest BCUT2D eigenvalue weighted by atomic mass is 35.5. The Morgan fingerprint density at radius 3 is 2.31 bits per heavy atom. The van der Waals surface area contributed by atoms with Gasteiger partial charge < -0.3 is 10.2 Å². The Morgan fingerprint density at radius 1 is 1.04 bits per heavy atom. The molecule has 0 saturated carbocycles. The number of aryl methyl sites for hydroxylation is 1. The van der Waals surface area contributed by atoms with Crippen molar-refractivity contribution in [3.05, 3.63) is 88.5 Å². The molecule has 0 radical (unpaired) electrons. The summed E-state index contributed by atoms with van der Waals surface area (Å²) in [4.78, 5) is 0. The van der Waals surface area contributed by atoms with E-state index < -0.39 is 5.60 Å². The minimum absolute atomic E-state index is 0.280. The predicted octanol–water partition coefficient (Wildman–Crippen LogP) is 5.69. The summed E-state index contributed by atoms with van der Waals surface area (Å²) in [6.45, 7) is 3.62. The first-order chi connectivity index (χ1) is 12.3. The van der Waals surface area contributed by atoms with Crippen molar-refractivity contribution in [1.82, 2.24) is 0 Å². The minimum atomic E-state index is -0.875. The number of aliphatic hydroxyl groups is 1. The van der Waals surface area contributed by atoms with Crippen LogP contribution in [0.1, 0.15) is 25.0 Å². The van der Waals surface area contributed by atoms with E-state index in [2.05, 4.69) is 12.1 Å². The van der Waals surface area contributed by atoms with Crippen LogP contribution in [0.25, 0.3) is 0 Å². The largest absolute Gasteiger partial charge is 0.508 e. The maximum atomic E-state index is 9.68. The lowest BCUT2D eigenvalue weighted by atomic mass is 9.92. The molecule has 0 fully saturated rings. The molecule has 0 heterocycles. The van der Waals surface area contributed by atoms with Gasteiger partial charge in [0.2, 0.25) is 0 Å². The van der Waals surface area contributed by atoms with Crippen LogP contribution >= 0.6 is 23.2 Å². The monoisotopic (exact) mass is 390 g/mol. The Labute approximate surface area is 165 Å². The second-order valence-corrected chi connectivity index (χ2v) is 7.42. The third-order valence-corrected chi connectivity index (χ3v) is 5.45. The topological polar surface area (TPSA) is 40.5 Å². The maximum Gasteiger partial charge on any atom is 0.120 e. The molecule has 2 atom stereocenters. The van der Waals surface area contributed by atoms with E-state index in [0.717, 1.165) is 24.0 Å². The molecular formula is C22H24Cl2O2. The standard InChI is InChI=1S/C14H13ClO.C8H11ClO/c15-13-7-4-8-14(16)12(13)10-9-11-5-2-1-3-6-11;1-6-4-3-5-8(2,10)7(6)9/h1-8,16H,9-10H2;3-5,7,10H,1-2H3.